The number of esters is 4. The number of phosphoric ester groups is 2. The zero-order chi connectivity index (χ0) is 78.9. The van der Waals surface area contributed by atoms with Gasteiger partial charge in [0.25, 0.3) is 0 Å². The number of unbranched alkanes of at least 4 members (excludes halogenated alkanes) is 11. The first-order valence-electron chi connectivity index (χ1n) is 40.0. The Bertz CT molecular complexity index is 2910. The minimum Gasteiger partial charge on any atom is -0.462 e. The van der Waals surface area contributed by atoms with Crippen molar-refractivity contribution in [1.82, 2.24) is 0 Å². The van der Waals surface area contributed by atoms with Crippen LogP contribution in [0.3, 0.4) is 0 Å². The van der Waals surface area contributed by atoms with E-state index in [1.807, 2.05) is 18.2 Å². The molecule has 0 heterocycles. The molecule has 0 spiro atoms. The molecule has 0 aliphatic heterocycles. The normalized spacial score (nSPS) is 15.0. The van der Waals surface area contributed by atoms with E-state index in [9.17, 15) is 43.2 Å². The number of phosphoric acid groups is 2. The molecule has 0 bridgehead atoms. The number of hydrogen-bond acceptors (Lipinski definition) is 15. The minimum absolute atomic E-state index is 0.0353. The molecular weight excluding hydrogens is 1400 g/mol. The van der Waals surface area contributed by atoms with Crippen molar-refractivity contribution in [3.8, 4) is 0 Å². The number of aliphatic hydroxyl groups is 1. The third-order valence-electron chi connectivity index (χ3n) is 15.5. The van der Waals surface area contributed by atoms with Crippen molar-refractivity contribution in [1.29, 1.82) is 0 Å². The number of carbonyl (C=O) groups is 4. The van der Waals surface area contributed by atoms with Gasteiger partial charge in [0.1, 0.15) is 19.3 Å². The second-order valence-corrected chi connectivity index (χ2v) is 28.4. The van der Waals surface area contributed by atoms with Gasteiger partial charge in [0.15, 0.2) is 12.2 Å². The summed E-state index contributed by atoms with van der Waals surface area (Å²) in [5, 5.41) is 10.6. The van der Waals surface area contributed by atoms with Crippen molar-refractivity contribution in [2.45, 2.75) is 277 Å². The standard InChI is InChI=1S/C89H138O17P2/c1-5-9-13-17-21-25-29-33-37-39-41-43-47-50-54-58-62-66-70-74-87(92)100-80-85(106-89(94)76-72-68-64-60-56-52-48-44-42-40-38-34-30-26-22-18-14-10-6-2)82-104-108(97,98)102-78-83(90)77-101-107(95,96)103-81-84(105-88(93)75-71-67-63-59-55-51-46-36-32-28-24-20-16-12-8-4)79-99-86(91)73-69-65-61-57-53-49-45-35-31-27-23-19-15-11-7-3/h9-16,21-28,33-38,41-46,50,52-54,56-57,65,69,83-85,90H,5-8,17-20,29-32,39-40,47-49,51,55,58-64,66-68,70-82H2,1-4H3,(H,95,96)(H,97,98)/b13-9-,14-10-,15-11-,16-12-,25-21-,26-22-,27-23-,28-24-,37-33-,38-34-,43-41-,44-42-,45-35-,46-36-,54-50-,56-52-,57-53-,69-65-. The first kappa shape index (κ1) is 101. The fourth-order valence-electron chi connectivity index (χ4n) is 9.54. The Hall–Kier alpha value is -6.62. The first-order chi connectivity index (χ1) is 52.7. The summed E-state index contributed by atoms with van der Waals surface area (Å²) in [6.45, 7) is 4.17. The molecule has 5 atom stereocenters. The van der Waals surface area contributed by atoms with Crippen molar-refractivity contribution >= 4 is 39.5 Å². The van der Waals surface area contributed by atoms with Gasteiger partial charge < -0.3 is 33.8 Å². The minimum atomic E-state index is -5.02. The summed E-state index contributed by atoms with van der Waals surface area (Å²) in [6.07, 6.45) is 99.5. The van der Waals surface area contributed by atoms with E-state index in [1.165, 1.54) is 0 Å². The maximum Gasteiger partial charge on any atom is 0.472 e. The summed E-state index contributed by atoms with van der Waals surface area (Å²) in [7, 11) is -10.0. The van der Waals surface area contributed by atoms with Crippen molar-refractivity contribution < 1.29 is 80.2 Å². The molecule has 0 fully saturated rings. The summed E-state index contributed by atoms with van der Waals surface area (Å²) >= 11 is 0. The highest BCUT2D eigenvalue weighted by molar-refractivity contribution is 7.47. The number of allylic oxidation sites excluding steroid dienone is 35. The van der Waals surface area contributed by atoms with E-state index >= 15 is 0 Å². The van der Waals surface area contributed by atoms with Gasteiger partial charge in [-0.25, -0.2) is 9.13 Å². The fourth-order valence-corrected chi connectivity index (χ4v) is 11.1. The second-order valence-electron chi connectivity index (χ2n) is 25.5. The number of aliphatic hydroxyl groups excluding tert-OH is 1. The van der Waals surface area contributed by atoms with Crippen molar-refractivity contribution in [2.75, 3.05) is 39.6 Å². The highest BCUT2D eigenvalue weighted by Gasteiger charge is 2.30. The maximum atomic E-state index is 13.1. The monoisotopic (exact) mass is 1540 g/mol. The van der Waals surface area contributed by atoms with Crippen LogP contribution in [0.1, 0.15) is 259 Å². The lowest BCUT2D eigenvalue weighted by Crippen LogP contribution is -2.30. The summed E-state index contributed by atoms with van der Waals surface area (Å²) in [6, 6.07) is 0. The van der Waals surface area contributed by atoms with Crippen LogP contribution in [0.15, 0.2) is 219 Å². The molecule has 0 aliphatic carbocycles. The van der Waals surface area contributed by atoms with Crippen LogP contribution in [0.2, 0.25) is 0 Å². The molecule has 0 saturated heterocycles. The highest BCUT2D eigenvalue weighted by atomic mass is 31.2. The fraction of sp³-hybridized carbons (Fsp3) is 0.551. The summed E-state index contributed by atoms with van der Waals surface area (Å²) in [5.74, 6) is -2.45. The predicted octanol–water partition coefficient (Wildman–Crippen LogP) is 23.7. The Morgan fingerprint density at radius 3 is 0.787 bits per heavy atom. The van der Waals surface area contributed by atoms with E-state index in [-0.39, 0.29) is 25.7 Å². The Balaban J connectivity index is 5.55. The van der Waals surface area contributed by atoms with Gasteiger partial charge in [-0.3, -0.25) is 37.3 Å². The van der Waals surface area contributed by atoms with Crippen molar-refractivity contribution in [3.63, 3.8) is 0 Å². The smallest absolute Gasteiger partial charge is 0.462 e. The summed E-state index contributed by atoms with van der Waals surface area (Å²) in [5.41, 5.74) is 0. The lowest BCUT2D eigenvalue weighted by molar-refractivity contribution is -0.161. The van der Waals surface area contributed by atoms with Gasteiger partial charge in [-0.2, -0.15) is 0 Å². The van der Waals surface area contributed by atoms with Gasteiger partial charge in [-0.15, -0.1) is 0 Å². The van der Waals surface area contributed by atoms with Gasteiger partial charge in [0.05, 0.1) is 32.8 Å². The SMILES string of the molecule is CC/C=C\C/C=C\C/C=C\C/C=C\C/C=C\CCCCCC(=O)OCC(COP(=O)(O)OCC(O)COP(=O)(O)OCC(COC(=O)C/C=C\C/C=C\C/C=C\C/C=C\C/C=C\CC)OC(=O)CCCCCCC/C=C\C/C=C\C/C=C\CC)OC(=O)CCCCC/C=C\C/C=C\C/C=C\C/C=C\C/C=C\CC. The van der Waals surface area contributed by atoms with Gasteiger partial charge in [-0.05, 0) is 173 Å². The Kier molecular flexibility index (Phi) is 73.7. The molecule has 19 heteroatoms. The van der Waals surface area contributed by atoms with E-state index in [0.29, 0.717) is 25.7 Å². The predicted molar refractivity (Wildman–Crippen MR) is 445 cm³/mol. The number of rotatable bonds is 72. The number of ether oxygens (including phenoxy) is 4. The zero-order valence-corrected chi connectivity index (χ0v) is 68.0. The summed E-state index contributed by atoms with van der Waals surface area (Å²) in [4.78, 5) is 73.0. The molecular formula is C89H138O17P2. The molecule has 0 rings (SSSR count). The lowest BCUT2D eigenvalue weighted by Gasteiger charge is -2.21. The second kappa shape index (κ2) is 78.5. The quantitative estimate of drug-likeness (QED) is 0.0169. The van der Waals surface area contributed by atoms with E-state index in [1.54, 1.807) is 6.08 Å². The number of hydrogen-bond donors (Lipinski definition) is 3. The molecule has 606 valence electrons. The van der Waals surface area contributed by atoms with E-state index in [0.717, 1.165) is 180 Å². The third kappa shape index (κ3) is 77.5. The molecule has 3 N–H and O–H groups in total. The van der Waals surface area contributed by atoms with Crippen LogP contribution in [0, 0.1) is 0 Å². The zero-order valence-electron chi connectivity index (χ0n) is 66.2. The van der Waals surface area contributed by atoms with E-state index < -0.39 is 97.5 Å². The average Bonchev–Trinajstić information content (AvgIpc) is 0.896. The van der Waals surface area contributed by atoms with Crippen LogP contribution in [0.5, 0.6) is 0 Å². The maximum absolute atomic E-state index is 13.1. The van der Waals surface area contributed by atoms with Crippen LogP contribution >= 0.6 is 15.6 Å². The van der Waals surface area contributed by atoms with Crippen LogP contribution in [-0.2, 0) is 65.4 Å². The Morgan fingerprint density at radius 1 is 0.269 bits per heavy atom. The van der Waals surface area contributed by atoms with E-state index in [2.05, 4.69) is 222 Å². The van der Waals surface area contributed by atoms with Crippen molar-refractivity contribution in [2.24, 2.45) is 0 Å². The third-order valence-corrected chi connectivity index (χ3v) is 17.4. The number of carbonyl (C=O) groups excluding carboxylic acids is 4. The molecule has 17 nitrogen and oxygen atoms in total. The Labute approximate surface area is 651 Å². The van der Waals surface area contributed by atoms with Crippen LogP contribution in [0.4, 0.5) is 0 Å². The average molecular weight is 1540 g/mol. The van der Waals surface area contributed by atoms with Gasteiger partial charge >= 0.3 is 39.5 Å². The molecule has 0 aromatic carbocycles. The Morgan fingerprint density at radius 2 is 0.491 bits per heavy atom. The highest BCUT2D eigenvalue weighted by Crippen LogP contribution is 2.45. The van der Waals surface area contributed by atoms with Gasteiger partial charge in [0, 0.05) is 19.3 Å². The van der Waals surface area contributed by atoms with Gasteiger partial charge in [0.2, 0.25) is 0 Å². The molecule has 108 heavy (non-hydrogen) atoms. The lowest BCUT2D eigenvalue weighted by atomic mass is 10.1. The largest absolute Gasteiger partial charge is 0.472 e. The molecule has 5 unspecified atom stereocenters. The topological polar surface area (TPSA) is 237 Å². The molecule has 0 aliphatic rings. The molecule has 0 amide bonds. The van der Waals surface area contributed by atoms with Gasteiger partial charge in [-0.1, -0.05) is 279 Å². The molecule has 0 saturated carbocycles. The first-order valence-corrected chi connectivity index (χ1v) is 43.0. The molecule has 0 aromatic rings. The summed E-state index contributed by atoms with van der Waals surface area (Å²) < 4.78 is 68.4. The van der Waals surface area contributed by atoms with Crippen LogP contribution in [-0.4, -0.2) is 96.7 Å². The van der Waals surface area contributed by atoms with E-state index in [4.69, 9.17) is 37.0 Å². The van der Waals surface area contributed by atoms with Crippen LogP contribution in [0.25, 0.3) is 0 Å². The molecule has 0 radical (unpaired) electrons. The van der Waals surface area contributed by atoms with Crippen LogP contribution < -0.4 is 0 Å². The molecule has 0 aromatic heterocycles. The van der Waals surface area contributed by atoms with Crippen molar-refractivity contribution in [3.05, 3.63) is 219 Å².